The van der Waals surface area contributed by atoms with Crippen molar-refractivity contribution in [3.63, 3.8) is 0 Å². The van der Waals surface area contributed by atoms with Gasteiger partial charge in [-0.25, -0.2) is 8.78 Å². The van der Waals surface area contributed by atoms with Crippen molar-refractivity contribution >= 4 is 23.2 Å². The quantitative estimate of drug-likeness (QED) is 0.838. The fourth-order valence-corrected chi connectivity index (χ4v) is 1.26. The Morgan fingerprint density at radius 1 is 1.44 bits per heavy atom. The van der Waals surface area contributed by atoms with Gasteiger partial charge in [0, 0.05) is 10.7 Å². The van der Waals surface area contributed by atoms with Gasteiger partial charge < -0.3 is 10.6 Å². The largest absolute Gasteiger partial charge is 0.325 e. The van der Waals surface area contributed by atoms with Gasteiger partial charge in [0.1, 0.15) is 0 Å². The van der Waals surface area contributed by atoms with Crippen LogP contribution in [0.4, 0.5) is 14.5 Å². The minimum atomic E-state index is -2.46. The predicted octanol–water partition coefficient (Wildman–Crippen LogP) is 2.13. The van der Waals surface area contributed by atoms with Gasteiger partial charge in [-0.05, 0) is 18.2 Å². The van der Waals surface area contributed by atoms with Gasteiger partial charge in [0.2, 0.25) is 5.91 Å². The van der Waals surface area contributed by atoms with Crippen LogP contribution in [-0.2, 0) is 4.79 Å². The minimum absolute atomic E-state index is 0.156. The van der Waals surface area contributed by atoms with Crippen LogP contribution in [0.1, 0.15) is 0 Å². The molecule has 0 aliphatic heterocycles. The van der Waals surface area contributed by atoms with Crippen LogP contribution >= 0.6 is 11.6 Å². The molecule has 0 unspecified atom stereocenters. The molecule has 0 saturated carbocycles. The Morgan fingerprint density at radius 2 is 2.19 bits per heavy atom. The van der Waals surface area contributed by atoms with Crippen molar-refractivity contribution in [2.45, 2.75) is 6.43 Å². The fraction of sp³-hybridized carbons (Fsp3) is 0.300. The molecular formula is C10H11ClF2N2O. The maximum Gasteiger partial charge on any atom is 0.250 e. The standard InChI is InChI=1S/C10H11ClF2N2O/c11-7-2-1-3-8(4-7)15-10(16)6-14-5-9(12)13/h1-4,9,14H,5-6H2,(H,15,16). The van der Waals surface area contributed by atoms with E-state index in [1.807, 2.05) is 0 Å². The lowest BCUT2D eigenvalue weighted by atomic mass is 10.3. The number of nitrogens with one attached hydrogen (secondary N) is 2. The maximum atomic E-state index is 11.8. The van der Waals surface area contributed by atoms with Gasteiger partial charge in [-0.1, -0.05) is 17.7 Å². The number of carbonyl (C=O) groups excluding carboxylic acids is 1. The van der Waals surface area contributed by atoms with Crippen LogP contribution in [0.15, 0.2) is 24.3 Å². The van der Waals surface area contributed by atoms with Crippen molar-refractivity contribution in [1.29, 1.82) is 0 Å². The topological polar surface area (TPSA) is 41.1 Å². The summed E-state index contributed by atoms with van der Waals surface area (Å²) in [5, 5.41) is 5.35. The van der Waals surface area contributed by atoms with Gasteiger partial charge in [0.05, 0.1) is 13.1 Å². The SMILES string of the molecule is O=C(CNCC(F)F)Nc1cccc(Cl)c1. The van der Waals surface area contributed by atoms with Gasteiger partial charge in [0.15, 0.2) is 0 Å². The summed E-state index contributed by atoms with van der Waals surface area (Å²) >= 11 is 5.71. The van der Waals surface area contributed by atoms with Gasteiger partial charge >= 0.3 is 0 Å². The average molecular weight is 249 g/mol. The number of halogens is 3. The van der Waals surface area contributed by atoms with Crippen molar-refractivity contribution < 1.29 is 13.6 Å². The molecule has 0 spiro atoms. The van der Waals surface area contributed by atoms with E-state index in [-0.39, 0.29) is 12.5 Å². The monoisotopic (exact) mass is 248 g/mol. The van der Waals surface area contributed by atoms with E-state index in [9.17, 15) is 13.6 Å². The number of amides is 1. The molecule has 1 amide bonds. The number of rotatable bonds is 5. The van der Waals surface area contributed by atoms with Gasteiger partial charge in [-0.15, -0.1) is 0 Å². The first kappa shape index (κ1) is 12.9. The summed E-state index contributed by atoms with van der Waals surface area (Å²) in [5.74, 6) is -0.386. The lowest BCUT2D eigenvalue weighted by Gasteiger charge is -2.06. The molecular weight excluding hydrogens is 238 g/mol. The van der Waals surface area contributed by atoms with Gasteiger partial charge in [-0.2, -0.15) is 0 Å². The molecule has 1 rings (SSSR count). The summed E-state index contributed by atoms with van der Waals surface area (Å²) in [5.41, 5.74) is 0.538. The van der Waals surface area contributed by atoms with Crippen molar-refractivity contribution in [1.82, 2.24) is 5.32 Å². The second kappa shape index (κ2) is 6.40. The molecule has 6 heteroatoms. The molecule has 0 atom stereocenters. The molecule has 0 saturated heterocycles. The van der Waals surface area contributed by atoms with E-state index >= 15 is 0 Å². The second-order valence-electron chi connectivity index (χ2n) is 3.08. The van der Waals surface area contributed by atoms with Crippen LogP contribution in [0.3, 0.4) is 0 Å². The summed E-state index contributed by atoms with van der Waals surface area (Å²) in [6.07, 6.45) is -2.46. The molecule has 0 aliphatic rings. The summed E-state index contributed by atoms with van der Waals surface area (Å²) in [6.45, 7) is -0.653. The molecule has 0 radical (unpaired) electrons. The van der Waals surface area contributed by atoms with Crippen LogP contribution in [0.5, 0.6) is 0 Å². The number of alkyl halides is 2. The zero-order valence-corrected chi connectivity index (χ0v) is 9.10. The second-order valence-corrected chi connectivity index (χ2v) is 3.52. The van der Waals surface area contributed by atoms with Crippen LogP contribution < -0.4 is 10.6 Å². The summed E-state index contributed by atoms with van der Waals surface area (Å²) < 4.78 is 23.5. The number of anilines is 1. The Morgan fingerprint density at radius 3 is 2.81 bits per heavy atom. The molecule has 3 nitrogen and oxygen atoms in total. The molecule has 2 N–H and O–H groups in total. The van der Waals surface area contributed by atoms with Crippen LogP contribution in [0.2, 0.25) is 5.02 Å². The Bertz CT molecular complexity index is 360. The zero-order chi connectivity index (χ0) is 12.0. The number of benzene rings is 1. The van der Waals surface area contributed by atoms with Gasteiger partial charge in [-0.3, -0.25) is 4.79 Å². The number of carbonyl (C=O) groups is 1. The Hall–Kier alpha value is -1.20. The number of hydrogen-bond acceptors (Lipinski definition) is 2. The third-order valence-corrected chi connectivity index (χ3v) is 1.93. The summed E-state index contributed by atoms with van der Waals surface area (Å²) in [7, 11) is 0. The van der Waals surface area contributed by atoms with E-state index in [1.165, 1.54) is 0 Å². The Kier molecular flexibility index (Phi) is 5.14. The molecule has 0 aliphatic carbocycles. The van der Waals surface area contributed by atoms with E-state index in [2.05, 4.69) is 10.6 Å². The van der Waals surface area contributed by atoms with Crippen molar-refractivity contribution in [2.24, 2.45) is 0 Å². The lowest BCUT2D eigenvalue weighted by molar-refractivity contribution is -0.115. The molecule has 16 heavy (non-hydrogen) atoms. The highest BCUT2D eigenvalue weighted by molar-refractivity contribution is 6.30. The third-order valence-electron chi connectivity index (χ3n) is 1.69. The maximum absolute atomic E-state index is 11.8. The first-order chi connectivity index (χ1) is 7.58. The first-order valence-corrected chi connectivity index (χ1v) is 5.00. The molecule has 0 aromatic heterocycles. The fourth-order valence-electron chi connectivity index (χ4n) is 1.07. The highest BCUT2D eigenvalue weighted by Crippen LogP contribution is 2.14. The van der Waals surface area contributed by atoms with E-state index in [4.69, 9.17) is 11.6 Å². The number of hydrogen-bond donors (Lipinski definition) is 2. The smallest absolute Gasteiger partial charge is 0.250 e. The van der Waals surface area contributed by atoms with E-state index in [0.717, 1.165) is 0 Å². The van der Waals surface area contributed by atoms with Crippen LogP contribution in [-0.4, -0.2) is 25.4 Å². The lowest BCUT2D eigenvalue weighted by Crippen LogP contribution is -2.31. The molecule has 0 heterocycles. The Labute approximate surface area is 96.8 Å². The summed E-state index contributed by atoms with van der Waals surface area (Å²) in [6, 6.07) is 6.60. The molecule has 88 valence electrons. The average Bonchev–Trinajstić information content (AvgIpc) is 2.16. The molecule has 1 aromatic carbocycles. The van der Waals surface area contributed by atoms with Crippen LogP contribution in [0, 0.1) is 0 Å². The van der Waals surface area contributed by atoms with Gasteiger partial charge in [0.25, 0.3) is 6.43 Å². The first-order valence-electron chi connectivity index (χ1n) is 4.62. The molecule has 1 aromatic rings. The highest BCUT2D eigenvalue weighted by Gasteiger charge is 2.05. The summed E-state index contributed by atoms with van der Waals surface area (Å²) in [4.78, 5) is 11.2. The van der Waals surface area contributed by atoms with E-state index < -0.39 is 13.0 Å². The van der Waals surface area contributed by atoms with E-state index in [0.29, 0.717) is 10.7 Å². The molecule has 0 fully saturated rings. The minimum Gasteiger partial charge on any atom is -0.325 e. The van der Waals surface area contributed by atoms with Crippen molar-refractivity contribution in [2.75, 3.05) is 18.4 Å². The van der Waals surface area contributed by atoms with Crippen LogP contribution in [0.25, 0.3) is 0 Å². The van der Waals surface area contributed by atoms with E-state index in [1.54, 1.807) is 24.3 Å². The zero-order valence-electron chi connectivity index (χ0n) is 8.34. The van der Waals surface area contributed by atoms with Crippen molar-refractivity contribution in [3.8, 4) is 0 Å². The van der Waals surface area contributed by atoms with Crippen molar-refractivity contribution in [3.05, 3.63) is 29.3 Å². The Balaban J connectivity index is 2.34. The third kappa shape index (κ3) is 5.04. The predicted molar refractivity (Wildman–Crippen MR) is 59.0 cm³/mol. The normalized spacial score (nSPS) is 10.5. The highest BCUT2D eigenvalue weighted by atomic mass is 35.5. The molecule has 0 bridgehead atoms.